The molecule has 1 aromatic carbocycles. The van der Waals surface area contributed by atoms with Crippen molar-refractivity contribution in [2.24, 2.45) is 0 Å². The van der Waals surface area contributed by atoms with Crippen LogP contribution in [0.5, 0.6) is 5.75 Å². The molecule has 2 aromatic heterocycles. The number of rotatable bonds is 7. The molecule has 0 saturated carbocycles. The monoisotopic (exact) mass is 407 g/mol. The van der Waals surface area contributed by atoms with E-state index in [0.29, 0.717) is 23.6 Å². The number of imide groups is 1. The first-order valence-corrected chi connectivity index (χ1v) is 9.31. The summed E-state index contributed by atoms with van der Waals surface area (Å²) < 4.78 is 7.29. The summed E-state index contributed by atoms with van der Waals surface area (Å²) >= 11 is 0. The second kappa shape index (κ2) is 8.21. The van der Waals surface area contributed by atoms with Crippen molar-refractivity contribution in [2.75, 3.05) is 32.6 Å². The van der Waals surface area contributed by atoms with Crippen LogP contribution in [0.4, 0.5) is 16.3 Å². The minimum absolute atomic E-state index is 0.153. The highest BCUT2D eigenvalue weighted by atomic mass is 16.5. The first-order chi connectivity index (χ1) is 14.5. The van der Waals surface area contributed by atoms with Crippen LogP contribution in [0, 0.1) is 0 Å². The van der Waals surface area contributed by atoms with E-state index in [1.54, 1.807) is 29.1 Å². The van der Waals surface area contributed by atoms with Gasteiger partial charge in [-0.25, -0.2) is 14.3 Å². The van der Waals surface area contributed by atoms with Gasteiger partial charge < -0.3 is 20.3 Å². The molecule has 4 rings (SSSR count). The van der Waals surface area contributed by atoms with Gasteiger partial charge in [0.2, 0.25) is 0 Å². The molecule has 10 nitrogen and oxygen atoms in total. The van der Waals surface area contributed by atoms with Crippen molar-refractivity contribution in [3.05, 3.63) is 54.0 Å². The molecule has 0 atom stereocenters. The Balaban J connectivity index is 1.49. The Hall–Kier alpha value is -3.92. The number of carbonyl (C=O) groups excluding carboxylic acids is 2. The summed E-state index contributed by atoms with van der Waals surface area (Å²) in [5, 5.41) is 12.1. The van der Waals surface area contributed by atoms with Crippen LogP contribution in [0.1, 0.15) is 5.56 Å². The van der Waals surface area contributed by atoms with Gasteiger partial charge in [0.15, 0.2) is 5.65 Å². The molecule has 1 fully saturated rings. The second-order valence-corrected chi connectivity index (χ2v) is 6.95. The van der Waals surface area contributed by atoms with E-state index in [1.165, 1.54) is 0 Å². The molecule has 0 aliphatic carbocycles. The number of benzene rings is 1. The van der Waals surface area contributed by atoms with Crippen LogP contribution in [0.2, 0.25) is 0 Å². The smallest absolute Gasteiger partial charge is 0.326 e. The molecule has 1 aliphatic rings. The molecule has 3 N–H and O–H groups in total. The zero-order valence-electron chi connectivity index (χ0n) is 16.5. The number of aromatic nitrogens is 3. The number of likely N-dealkylation sites (N-methyl/N-ethyl adjacent to an activating group) is 1. The molecule has 1 saturated heterocycles. The van der Waals surface area contributed by atoms with Crippen molar-refractivity contribution in [3.63, 3.8) is 0 Å². The lowest BCUT2D eigenvalue weighted by molar-refractivity contribution is -0.115. The first-order valence-electron chi connectivity index (χ1n) is 9.31. The third-order valence-corrected chi connectivity index (χ3v) is 4.35. The number of carbonyl (C=O) groups is 2. The van der Waals surface area contributed by atoms with Crippen LogP contribution in [0.25, 0.3) is 11.7 Å². The van der Waals surface area contributed by atoms with E-state index in [2.05, 4.69) is 30.9 Å². The van der Waals surface area contributed by atoms with Gasteiger partial charge in [-0.1, -0.05) is 0 Å². The Bertz CT molecular complexity index is 1120. The van der Waals surface area contributed by atoms with Gasteiger partial charge in [0.25, 0.3) is 5.91 Å². The molecule has 0 unspecified atom stereocenters. The SMILES string of the molecule is CN(C)CCOc1ccc(Nc2ccn3ncc(C=C4NC(=O)NC4=O)c3n2)cc1. The van der Waals surface area contributed by atoms with Crippen LogP contribution >= 0.6 is 0 Å². The zero-order chi connectivity index (χ0) is 21.1. The van der Waals surface area contributed by atoms with E-state index >= 15 is 0 Å². The van der Waals surface area contributed by atoms with Crippen molar-refractivity contribution in [2.45, 2.75) is 0 Å². The summed E-state index contributed by atoms with van der Waals surface area (Å²) in [7, 11) is 4.00. The molecule has 0 bridgehead atoms. The molecule has 0 spiro atoms. The average Bonchev–Trinajstić information content (AvgIpc) is 3.25. The highest BCUT2D eigenvalue weighted by molar-refractivity contribution is 6.14. The average molecular weight is 407 g/mol. The van der Waals surface area contributed by atoms with Crippen LogP contribution in [0.15, 0.2) is 48.4 Å². The Morgan fingerprint density at radius 1 is 1.17 bits per heavy atom. The van der Waals surface area contributed by atoms with Gasteiger partial charge in [0, 0.05) is 24.0 Å². The third kappa shape index (κ3) is 4.39. The fourth-order valence-corrected chi connectivity index (χ4v) is 2.82. The van der Waals surface area contributed by atoms with Crippen molar-refractivity contribution >= 4 is 35.2 Å². The Kier molecular flexibility index (Phi) is 5.31. The molecule has 1 aliphatic heterocycles. The second-order valence-electron chi connectivity index (χ2n) is 6.95. The largest absolute Gasteiger partial charge is 0.492 e. The van der Waals surface area contributed by atoms with Crippen LogP contribution in [-0.2, 0) is 4.79 Å². The van der Waals surface area contributed by atoms with Gasteiger partial charge in [-0.05, 0) is 50.5 Å². The minimum atomic E-state index is -0.549. The summed E-state index contributed by atoms with van der Waals surface area (Å²) in [6, 6.07) is 8.86. The number of fused-ring (bicyclic) bond motifs is 1. The predicted molar refractivity (Wildman–Crippen MR) is 111 cm³/mol. The molecule has 10 heteroatoms. The van der Waals surface area contributed by atoms with E-state index in [4.69, 9.17) is 4.74 Å². The maximum Gasteiger partial charge on any atom is 0.326 e. The number of nitrogens with one attached hydrogen (secondary N) is 3. The van der Waals surface area contributed by atoms with Crippen LogP contribution in [-0.4, -0.2) is 58.7 Å². The van der Waals surface area contributed by atoms with Crippen molar-refractivity contribution in [1.82, 2.24) is 30.1 Å². The summed E-state index contributed by atoms with van der Waals surface area (Å²) in [5.74, 6) is 0.928. The highest BCUT2D eigenvalue weighted by Gasteiger charge is 2.23. The van der Waals surface area contributed by atoms with Gasteiger partial charge in [-0.15, -0.1) is 0 Å². The Morgan fingerprint density at radius 2 is 1.97 bits per heavy atom. The molecule has 3 aromatic rings. The minimum Gasteiger partial charge on any atom is -0.492 e. The summed E-state index contributed by atoms with van der Waals surface area (Å²) in [5.41, 5.74) is 2.16. The predicted octanol–water partition coefficient (Wildman–Crippen LogP) is 1.59. The summed E-state index contributed by atoms with van der Waals surface area (Å²) in [6.07, 6.45) is 4.88. The standard InChI is InChI=1S/C20H21N7O3/c1-26(2)9-10-30-15-5-3-14(4-6-15)22-17-7-8-27-18(24-17)13(12-21-27)11-16-19(28)25-20(29)23-16/h3-8,11-12H,9-10H2,1-2H3,(H,22,24)(H2,23,25,28,29). The fraction of sp³-hybridized carbons (Fsp3) is 0.200. The Labute approximate surface area is 172 Å². The first kappa shape index (κ1) is 19.4. The lowest BCUT2D eigenvalue weighted by Crippen LogP contribution is -2.22. The van der Waals surface area contributed by atoms with Crippen molar-refractivity contribution in [1.29, 1.82) is 0 Å². The normalized spacial score (nSPS) is 15.0. The van der Waals surface area contributed by atoms with Gasteiger partial charge >= 0.3 is 6.03 Å². The lowest BCUT2D eigenvalue weighted by atomic mass is 10.2. The molecule has 154 valence electrons. The van der Waals surface area contributed by atoms with E-state index in [0.717, 1.165) is 18.0 Å². The van der Waals surface area contributed by atoms with Crippen LogP contribution in [0.3, 0.4) is 0 Å². The quantitative estimate of drug-likeness (QED) is 0.403. The maximum absolute atomic E-state index is 11.7. The summed E-state index contributed by atoms with van der Waals surface area (Å²) in [4.78, 5) is 29.7. The number of anilines is 2. The lowest BCUT2D eigenvalue weighted by Gasteiger charge is -2.11. The topological polar surface area (TPSA) is 113 Å². The molecule has 0 radical (unpaired) electrons. The third-order valence-electron chi connectivity index (χ3n) is 4.35. The van der Waals surface area contributed by atoms with Gasteiger partial charge in [-0.3, -0.25) is 10.1 Å². The highest BCUT2D eigenvalue weighted by Crippen LogP contribution is 2.21. The van der Waals surface area contributed by atoms with Crippen LogP contribution < -0.4 is 20.7 Å². The summed E-state index contributed by atoms with van der Waals surface area (Å²) in [6.45, 7) is 1.47. The fourth-order valence-electron chi connectivity index (χ4n) is 2.82. The molecular weight excluding hydrogens is 386 g/mol. The number of nitrogens with zero attached hydrogens (tertiary/aromatic N) is 4. The van der Waals surface area contributed by atoms with Gasteiger partial charge in [0.05, 0.1) is 6.20 Å². The van der Waals surface area contributed by atoms with E-state index in [9.17, 15) is 9.59 Å². The van der Waals surface area contributed by atoms with E-state index in [1.807, 2.05) is 38.4 Å². The van der Waals surface area contributed by atoms with E-state index in [-0.39, 0.29) is 5.70 Å². The van der Waals surface area contributed by atoms with E-state index < -0.39 is 11.9 Å². The maximum atomic E-state index is 11.7. The van der Waals surface area contributed by atoms with Crippen molar-refractivity contribution < 1.29 is 14.3 Å². The molecule has 3 amide bonds. The Morgan fingerprint density at radius 3 is 2.67 bits per heavy atom. The number of amides is 3. The van der Waals surface area contributed by atoms with Crippen molar-refractivity contribution in [3.8, 4) is 5.75 Å². The number of hydrogen-bond acceptors (Lipinski definition) is 7. The number of hydrogen-bond donors (Lipinski definition) is 3. The zero-order valence-corrected chi connectivity index (χ0v) is 16.5. The van der Waals surface area contributed by atoms with Gasteiger partial charge in [-0.2, -0.15) is 5.10 Å². The molecule has 30 heavy (non-hydrogen) atoms. The number of urea groups is 1. The number of ether oxygens (including phenoxy) is 1. The molecule has 3 heterocycles. The molecular formula is C20H21N7O3. The van der Waals surface area contributed by atoms with Gasteiger partial charge in [0.1, 0.15) is 23.9 Å².